The van der Waals surface area contributed by atoms with E-state index in [4.69, 9.17) is 14.7 Å². The summed E-state index contributed by atoms with van der Waals surface area (Å²) in [6.45, 7) is 1.36. The van der Waals surface area contributed by atoms with E-state index in [-0.39, 0.29) is 5.60 Å². The molecule has 4 nitrogen and oxygen atoms in total. The number of aliphatic imine (C=N–C) groups is 1. The van der Waals surface area contributed by atoms with Gasteiger partial charge in [-0.05, 0) is 18.9 Å². The van der Waals surface area contributed by atoms with E-state index >= 15 is 0 Å². The molecule has 0 N–H and O–H groups in total. The molecule has 0 aromatic heterocycles. The Morgan fingerprint density at radius 2 is 2.32 bits per heavy atom. The summed E-state index contributed by atoms with van der Waals surface area (Å²) in [5, 5.41) is 8.89. The molecular formula is C14H15BN2O2. The number of nitrogens with zero attached hydrogens (tertiary/aromatic N) is 2. The van der Waals surface area contributed by atoms with E-state index in [1.165, 1.54) is 0 Å². The molecule has 0 bridgehead atoms. The minimum atomic E-state index is -0.337. The second-order valence-electron chi connectivity index (χ2n) is 5.28. The summed E-state index contributed by atoms with van der Waals surface area (Å²) in [6.07, 6.45) is 4.50. The molecule has 3 rings (SSSR count). The van der Waals surface area contributed by atoms with Crippen molar-refractivity contribution in [3.05, 3.63) is 23.8 Å². The van der Waals surface area contributed by atoms with Crippen molar-refractivity contribution in [2.45, 2.75) is 24.9 Å². The Kier molecular flexibility index (Phi) is 3.04. The van der Waals surface area contributed by atoms with Gasteiger partial charge in [-0.2, -0.15) is 10.3 Å². The molecular weight excluding hydrogens is 239 g/mol. The highest BCUT2D eigenvalue weighted by molar-refractivity contribution is 6.33. The summed E-state index contributed by atoms with van der Waals surface area (Å²) in [6, 6.07) is 6.01. The maximum absolute atomic E-state index is 8.89. The molecule has 2 aliphatic rings. The predicted molar refractivity (Wildman–Crippen MR) is 74.8 cm³/mol. The van der Waals surface area contributed by atoms with Crippen LogP contribution in [-0.2, 0) is 4.74 Å². The first-order valence-electron chi connectivity index (χ1n) is 6.56. The van der Waals surface area contributed by atoms with Crippen molar-refractivity contribution in [1.29, 1.82) is 5.26 Å². The van der Waals surface area contributed by atoms with E-state index < -0.39 is 0 Å². The summed E-state index contributed by atoms with van der Waals surface area (Å²) in [4.78, 5) is 4.00. The molecule has 1 atom stereocenters. The van der Waals surface area contributed by atoms with Gasteiger partial charge in [0, 0.05) is 18.6 Å². The van der Waals surface area contributed by atoms with E-state index in [2.05, 4.69) is 4.99 Å². The normalized spacial score (nSPS) is 27.6. The van der Waals surface area contributed by atoms with Crippen LogP contribution in [0.5, 0.6) is 5.75 Å². The largest absolute Gasteiger partial charge is 0.484 e. The Bertz CT molecular complexity index is 571. The van der Waals surface area contributed by atoms with Crippen molar-refractivity contribution in [2.75, 3.05) is 13.2 Å². The molecule has 2 heterocycles. The molecule has 96 valence electrons. The fourth-order valence-corrected chi connectivity index (χ4v) is 2.83. The van der Waals surface area contributed by atoms with Crippen molar-refractivity contribution in [3.8, 4) is 11.9 Å². The molecule has 0 amide bonds. The monoisotopic (exact) mass is 254 g/mol. The van der Waals surface area contributed by atoms with Crippen molar-refractivity contribution in [3.63, 3.8) is 0 Å². The van der Waals surface area contributed by atoms with Gasteiger partial charge >= 0.3 is 0 Å². The van der Waals surface area contributed by atoms with Gasteiger partial charge in [-0.15, -0.1) is 0 Å². The molecule has 0 saturated carbocycles. The number of nitriles is 1. The van der Waals surface area contributed by atoms with E-state index in [0.717, 1.165) is 41.9 Å². The van der Waals surface area contributed by atoms with Gasteiger partial charge in [0.05, 0.1) is 12.3 Å². The standard InChI is InChI=1S/C14H15BN2O2/c15-10-2-3-13-11(6-10)12(17-9-16)7-14(19-13)4-1-5-18-8-14/h2-3,6H,1,4-5,7-8,15H2/b17-12+. The van der Waals surface area contributed by atoms with E-state index in [0.29, 0.717) is 13.0 Å². The van der Waals surface area contributed by atoms with Crippen molar-refractivity contribution in [1.82, 2.24) is 0 Å². The minimum Gasteiger partial charge on any atom is -0.484 e. The first kappa shape index (κ1) is 12.2. The number of hydrogen-bond donors (Lipinski definition) is 0. The Balaban J connectivity index is 2.05. The average Bonchev–Trinajstić information content (AvgIpc) is 2.41. The van der Waals surface area contributed by atoms with Gasteiger partial charge in [0.2, 0.25) is 6.19 Å². The molecule has 1 fully saturated rings. The Morgan fingerprint density at radius 1 is 1.42 bits per heavy atom. The van der Waals surface area contributed by atoms with Crippen LogP contribution < -0.4 is 10.2 Å². The molecule has 1 spiro atoms. The Labute approximate surface area is 113 Å². The fraction of sp³-hybridized carbons (Fsp3) is 0.429. The van der Waals surface area contributed by atoms with E-state index in [1.807, 2.05) is 32.2 Å². The SMILES string of the molecule is Bc1ccc2c(c1)/C(=N/C#N)CC1(CCCOC1)O2. The van der Waals surface area contributed by atoms with Crippen LogP contribution in [0.15, 0.2) is 23.2 Å². The van der Waals surface area contributed by atoms with Gasteiger partial charge in [-0.3, -0.25) is 0 Å². The first-order chi connectivity index (χ1) is 9.22. The highest BCUT2D eigenvalue weighted by Gasteiger charge is 2.41. The van der Waals surface area contributed by atoms with Crippen molar-refractivity contribution >= 4 is 19.0 Å². The van der Waals surface area contributed by atoms with Gasteiger partial charge in [0.15, 0.2) is 0 Å². The van der Waals surface area contributed by atoms with Crippen LogP contribution in [0, 0.1) is 11.5 Å². The quantitative estimate of drug-likeness (QED) is 0.501. The molecule has 0 radical (unpaired) electrons. The van der Waals surface area contributed by atoms with E-state index in [1.54, 1.807) is 0 Å². The maximum atomic E-state index is 8.89. The van der Waals surface area contributed by atoms with Crippen LogP contribution in [0.2, 0.25) is 0 Å². The van der Waals surface area contributed by atoms with Crippen LogP contribution >= 0.6 is 0 Å². The summed E-state index contributed by atoms with van der Waals surface area (Å²) < 4.78 is 11.7. The average molecular weight is 254 g/mol. The maximum Gasteiger partial charge on any atom is 0.205 e. The van der Waals surface area contributed by atoms with Gasteiger partial charge in [0.25, 0.3) is 0 Å². The first-order valence-corrected chi connectivity index (χ1v) is 6.56. The summed E-state index contributed by atoms with van der Waals surface area (Å²) in [7, 11) is 2.03. The van der Waals surface area contributed by atoms with Crippen LogP contribution in [0.4, 0.5) is 0 Å². The molecule has 2 aliphatic heterocycles. The van der Waals surface area contributed by atoms with Crippen molar-refractivity contribution < 1.29 is 9.47 Å². The Morgan fingerprint density at radius 3 is 3.05 bits per heavy atom. The number of rotatable bonds is 0. The lowest BCUT2D eigenvalue weighted by atomic mass is 9.83. The third-order valence-electron chi connectivity index (χ3n) is 3.73. The smallest absolute Gasteiger partial charge is 0.205 e. The molecule has 0 aliphatic carbocycles. The van der Waals surface area contributed by atoms with Gasteiger partial charge in [0.1, 0.15) is 19.2 Å². The zero-order valence-electron chi connectivity index (χ0n) is 11.0. The highest BCUT2D eigenvalue weighted by atomic mass is 16.5. The van der Waals surface area contributed by atoms with E-state index in [9.17, 15) is 0 Å². The van der Waals surface area contributed by atoms with Crippen LogP contribution in [0.3, 0.4) is 0 Å². The third kappa shape index (κ3) is 2.24. The zero-order chi connectivity index (χ0) is 13.3. The summed E-state index contributed by atoms with van der Waals surface area (Å²) in [5.41, 5.74) is 2.57. The fourth-order valence-electron chi connectivity index (χ4n) is 2.83. The molecule has 1 aromatic carbocycles. The lowest BCUT2D eigenvalue weighted by Gasteiger charge is -2.41. The van der Waals surface area contributed by atoms with Crippen molar-refractivity contribution in [2.24, 2.45) is 4.99 Å². The second-order valence-corrected chi connectivity index (χ2v) is 5.28. The Hall–Kier alpha value is -1.80. The molecule has 1 saturated heterocycles. The molecule has 5 heteroatoms. The van der Waals surface area contributed by atoms with Crippen LogP contribution in [0.25, 0.3) is 0 Å². The minimum absolute atomic E-state index is 0.337. The lowest BCUT2D eigenvalue weighted by molar-refractivity contribution is -0.0661. The number of benzene rings is 1. The second kappa shape index (κ2) is 4.71. The van der Waals surface area contributed by atoms with Crippen LogP contribution in [0.1, 0.15) is 24.8 Å². The highest BCUT2D eigenvalue weighted by Crippen LogP contribution is 2.37. The van der Waals surface area contributed by atoms with Gasteiger partial charge < -0.3 is 9.47 Å². The van der Waals surface area contributed by atoms with Crippen LogP contribution in [-0.4, -0.2) is 32.4 Å². The number of fused-ring (bicyclic) bond motifs is 1. The van der Waals surface area contributed by atoms with Gasteiger partial charge in [-0.1, -0.05) is 17.6 Å². The lowest BCUT2D eigenvalue weighted by Crippen LogP contribution is -2.48. The molecule has 1 unspecified atom stereocenters. The summed E-state index contributed by atoms with van der Waals surface area (Å²) >= 11 is 0. The third-order valence-corrected chi connectivity index (χ3v) is 3.73. The summed E-state index contributed by atoms with van der Waals surface area (Å²) in [5.74, 6) is 0.816. The molecule has 1 aromatic rings. The number of ether oxygens (including phenoxy) is 2. The number of hydrogen-bond acceptors (Lipinski definition) is 4. The van der Waals surface area contributed by atoms with Gasteiger partial charge in [-0.25, -0.2) is 0 Å². The topological polar surface area (TPSA) is 54.6 Å². The zero-order valence-corrected chi connectivity index (χ0v) is 11.0. The molecule has 19 heavy (non-hydrogen) atoms. The predicted octanol–water partition coefficient (Wildman–Crippen LogP) is 0.547.